The summed E-state index contributed by atoms with van der Waals surface area (Å²) in [5, 5.41) is 11.5. The lowest BCUT2D eigenvalue weighted by molar-refractivity contribution is -0.121. The number of unbranched alkanes of at least 4 members (excludes halogenated alkanes) is 12. The second kappa shape index (κ2) is 19.2. The highest BCUT2D eigenvalue weighted by atomic mass is 16.4. The molecule has 0 bridgehead atoms. The summed E-state index contributed by atoms with van der Waals surface area (Å²) < 4.78 is 0. The Bertz CT molecular complexity index is 397. The van der Waals surface area contributed by atoms with Crippen LogP contribution in [-0.2, 0) is 4.79 Å². The Balaban J connectivity index is 3.44. The Hall–Kier alpha value is -1.52. The van der Waals surface area contributed by atoms with Crippen LogP contribution in [0.3, 0.4) is 0 Å². The third-order valence-electron chi connectivity index (χ3n) is 4.82. The fourth-order valence-corrected chi connectivity index (χ4v) is 3.04. The van der Waals surface area contributed by atoms with E-state index in [4.69, 9.17) is 5.11 Å². The molecule has 0 aliphatic heterocycles. The molecule has 2 amide bonds. The van der Waals surface area contributed by atoms with Gasteiger partial charge in [0.2, 0.25) is 5.91 Å². The van der Waals surface area contributed by atoms with Gasteiger partial charge in [-0.3, -0.25) is 9.69 Å². The van der Waals surface area contributed by atoms with Crippen LogP contribution in [-0.4, -0.2) is 42.1 Å². The van der Waals surface area contributed by atoms with Gasteiger partial charge in [-0.05, 0) is 32.1 Å². The van der Waals surface area contributed by atoms with Gasteiger partial charge in [-0.2, -0.15) is 0 Å². The van der Waals surface area contributed by atoms with Gasteiger partial charge >= 0.3 is 6.09 Å². The van der Waals surface area contributed by atoms with Crippen molar-refractivity contribution in [1.82, 2.24) is 10.2 Å². The van der Waals surface area contributed by atoms with E-state index in [-0.39, 0.29) is 12.5 Å². The van der Waals surface area contributed by atoms with Gasteiger partial charge < -0.3 is 10.4 Å². The predicted molar refractivity (Wildman–Crippen MR) is 113 cm³/mol. The van der Waals surface area contributed by atoms with Crippen molar-refractivity contribution in [2.45, 2.75) is 96.8 Å². The fourth-order valence-electron chi connectivity index (χ4n) is 3.04. The number of rotatable bonds is 18. The Morgan fingerprint density at radius 1 is 0.815 bits per heavy atom. The van der Waals surface area contributed by atoms with Crippen LogP contribution < -0.4 is 5.32 Å². The quantitative estimate of drug-likeness (QED) is 0.234. The maximum atomic E-state index is 11.3. The molecule has 158 valence electrons. The number of hydrogen-bond acceptors (Lipinski definition) is 2. The molecule has 0 aromatic carbocycles. The lowest BCUT2D eigenvalue weighted by Crippen LogP contribution is -2.39. The average Bonchev–Trinajstić information content (AvgIpc) is 2.66. The van der Waals surface area contributed by atoms with Gasteiger partial charge in [0.15, 0.2) is 0 Å². The van der Waals surface area contributed by atoms with E-state index in [9.17, 15) is 9.59 Å². The Morgan fingerprint density at radius 3 is 1.78 bits per heavy atom. The molecule has 0 saturated carbocycles. The SMILES string of the molecule is CCCCCCCCCCC/C=C\CCCCCN(CC(=O)NC)C(=O)O. The molecule has 0 unspecified atom stereocenters. The van der Waals surface area contributed by atoms with E-state index in [1.165, 1.54) is 76.2 Å². The summed E-state index contributed by atoms with van der Waals surface area (Å²) in [6, 6.07) is 0. The molecule has 0 rings (SSSR count). The maximum absolute atomic E-state index is 11.3. The highest BCUT2D eigenvalue weighted by Gasteiger charge is 2.14. The molecule has 0 spiro atoms. The minimum Gasteiger partial charge on any atom is -0.465 e. The lowest BCUT2D eigenvalue weighted by atomic mass is 10.1. The minimum atomic E-state index is -1.03. The molecule has 0 heterocycles. The van der Waals surface area contributed by atoms with Crippen molar-refractivity contribution in [1.29, 1.82) is 0 Å². The van der Waals surface area contributed by atoms with Gasteiger partial charge in [0.25, 0.3) is 0 Å². The Morgan fingerprint density at radius 2 is 1.30 bits per heavy atom. The largest absolute Gasteiger partial charge is 0.465 e. The standard InChI is InChI=1S/C22H42N2O3/c1-3-4-5-6-7-8-9-10-11-12-13-14-15-16-17-18-19-24(22(26)27)20-21(25)23-2/h13-14H,3-12,15-20H2,1-2H3,(H,23,25)(H,26,27)/b14-13-. The molecule has 0 atom stereocenters. The van der Waals surface area contributed by atoms with Gasteiger partial charge in [-0.25, -0.2) is 4.79 Å². The van der Waals surface area contributed by atoms with Crippen molar-refractivity contribution in [2.24, 2.45) is 0 Å². The van der Waals surface area contributed by atoms with Crippen molar-refractivity contribution < 1.29 is 14.7 Å². The zero-order valence-corrected chi connectivity index (χ0v) is 17.7. The van der Waals surface area contributed by atoms with E-state index in [1.54, 1.807) is 0 Å². The van der Waals surface area contributed by atoms with Crippen LogP contribution in [0.25, 0.3) is 0 Å². The predicted octanol–water partition coefficient (Wildman–Crippen LogP) is 5.75. The van der Waals surface area contributed by atoms with Gasteiger partial charge in [0, 0.05) is 13.6 Å². The first-order valence-corrected chi connectivity index (χ1v) is 10.9. The topological polar surface area (TPSA) is 69.6 Å². The zero-order valence-electron chi connectivity index (χ0n) is 17.7. The first kappa shape index (κ1) is 25.5. The van der Waals surface area contributed by atoms with Crippen molar-refractivity contribution in [3.63, 3.8) is 0 Å². The number of carboxylic acid groups (broad SMARTS) is 1. The molecule has 0 fully saturated rings. The second-order valence-electron chi connectivity index (χ2n) is 7.32. The molecule has 0 aromatic rings. The van der Waals surface area contributed by atoms with E-state index in [0.717, 1.165) is 25.7 Å². The van der Waals surface area contributed by atoms with E-state index in [2.05, 4.69) is 24.4 Å². The number of hydrogen-bond donors (Lipinski definition) is 2. The van der Waals surface area contributed by atoms with Crippen LogP contribution in [0.5, 0.6) is 0 Å². The summed E-state index contributed by atoms with van der Waals surface area (Å²) >= 11 is 0. The summed E-state index contributed by atoms with van der Waals surface area (Å²) in [4.78, 5) is 23.5. The smallest absolute Gasteiger partial charge is 0.407 e. The van der Waals surface area contributed by atoms with Gasteiger partial charge in [0.1, 0.15) is 6.54 Å². The van der Waals surface area contributed by atoms with Gasteiger partial charge in [-0.15, -0.1) is 0 Å². The Labute approximate surface area is 166 Å². The van der Waals surface area contributed by atoms with Crippen LogP contribution in [0.4, 0.5) is 4.79 Å². The normalized spacial score (nSPS) is 11.0. The average molecular weight is 383 g/mol. The summed E-state index contributed by atoms with van der Waals surface area (Å²) in [5.74, 6) is -0.267. The number of carbonyl (C=O) groups excluding carboxylic acids is 1. The van der Waals surface area contributed by atoms with Gasteiger partial charge in [-0.1, -0.05) is 76.9 Å². The van der Waals surface area contributed by atoms with Crippen LogP contribution >= 0.6 is 0 Å². The van der Waals surface area contributed by atoms with Crippen LogP contribution in [0.15, 0.2) is 12.2 Å². The second-order valence-corrected chi connectivity index (χ2v) is 7.32. The molecular formula is C22H42N2O3. The molecule has 5 nitrogen and oxygen atoms in total. The molecule has 27 heavy (non-hydrogen) atoms. The summed E-state index contributed by atoms with van der Waals surface area (Å²) in [7, 11) is 1.52. The van der Waals surface area contributed by atoms with Crippen LogP contribution in [0.2, 0.25) is 0 Å². The molecule has 2 N–H and O–H groups in total. The monoisotopic (exact) mass is 382 g/mol. The molecule has 0 radical (unpaired) electrons. The van der Waals surface area contributed by atoms with E-state index in [0.29, 0.717) is 6.54 Å². The molecule has 0 saturated heterocycles. The molecule has 0 aliphatic carbocycles. The third-order valence-corrected chi connectivity index (χ3v) is 4.82. The zero-order chi connectivity index (χ0) is 20.2. The van der Waals surface area contributed by atoms with Crippen LogP contribution in [0.1, 0.15) is 96.8 Å². The van der Waals surface area contributed by atoms with Crippen molar-refractivity contribution >= 4 is 12.0 Å². The first-order valence-electron chi connectivity index (χ1n) is 10.9. The van der Waals surface area contributed by atoms with Crippen molar-refractivity contribution in [3.8, 4) is 0 Å². The number of allylic oxidation sites excluding steroid dienone is 2. The van der Waals surface area contributed by atoms with Crippen molar-refractivity contribution in [2.75, 3.05) is 20.1 Å². The molecular weight excluding hydrogens is 340 g/mol. The minimum absolute atomic E-state index is 0.0789. The number of nitrogens with one attached hydrogen (secondary N) is 1. The fraction of sp³-hybridized carbons (Fsp3) is 0.818. The number of nitrogens with zero attached hydrogens (tertiary/aromatic N) is 1. The first-order chi connectivity index (χ1) is 13.1. The molecule has 5 heteroatoms. The lowest BCUT2D eigenvalue weighted by Gasteiger charge is -2.17. The van der Waals surface area contributed by atoms with E-state index < -0.39 is 6.09 Å². The summed E-state index contributed by atoms with van der Waals surface area (Å²) in [6.45, 7) is 2.60. The Kier molecular flexibility index (Phi) is 18.2. The highest BCUT2D eigenvalue weighted by molar-refractivity contribution is 5.81. The van der Waals surface area contributed by atoms with Gasteiger partial charge in [0.05, 0.1) is 0 Å². The van der Waals surface area contributed by atoms with Crippen LogP contribution in [0, 0.1) is 0 Å². The number of amides is 2. The van der Waals surface area contributed by atoms with Crippen molar-refractivity contribution in [3.05, 3.63) is 12.2 Å². The number of carbonyl (C=O) groups is 2. The number of likely N-dealkylation sites (N-methyl/N-ethyl adjacent to an activating group) is 1. The van der Waals surface area contributed by atoms with E-state index >= 15 is 0 Å². The molecule has 0 aromatic heterocycles. The maximum Gasteiger partial charge on any atom is 0.407 e. The highest BCUT2D eigenvalue weighted by Crippen LogP contribution is 2.11. The molecule has 0 aliphatic rings. The summed E-state index contributed by atoms with van der Waals surface area (Å²) in [6.07, 6.45) is 20.9. The summed E-state index contributed by atoms with van der Waals surface area (Å²) in [5.41, 5.74) is 0. The third kappa shape index (κ3) is 17.6. The van der Waals surface area contributed by atoms with E-state index in [1.807, 2.05) is 0 Å².